The van der Waals surface area contributed by atoms with Gasteiger partial charge in [-0.05, 0) is 19.3 Å². The van der Waals surface area contributed by atoms with E-state index in [0.717, 1.165) is 37.2 Å². The average molecular weight is 267 g/mol. The zero-order valence-corrected chi connectivity index (χ0v) is 11.7. The number of aromatic nitrogens is 1. The molecule has 1 aromatic rings. The maximum Gasteiger partial charge on any atom is 0.273 e. The Hall–Kier alpha value is -1.20. The standard InChI is InChI=1S/C13H21N3OS/c1-3-4-5-6-7-8-16(2)13(17)11-10-18-12(9-14)15-11/h3,10H,1,4-9,14H2,2H3. The topological polar surface area (TPSA) is 59.2 Å². The average Bonchev–Trinajstić information content (AvgIpc) is 2.86. The minimum absolute atomic E-state index is 0.0188. The number of hydrogen-bond donors (Lipinski definition) is 1. The van der Waals surface area contributed by atoms with Gasteiger partial charge in [0.15, 0.2) is 0 Å². The summed E-state index contributed by atoms with van der Waals surface area (Å²) >= 11 is 1.44. The van der Waals surface area contributed by atoms with E-state index < -0.39 is 0 Å². The Bertz CT molecular complexity index is 389. The Morgan fingerprint density at radius 2 is 2.33 bits per heavy atom. The molecule has 5 heteroatoms. The summed E-state index contributed by atoms with van der Waals surface area (Å²) in [6.07, 6.45) is 6.25. The van der Waals surface area contributed by atoms with Crippen molar-refractivity contribution in [3.8, 4) is 0 Å². The Morgan fingerprint density at radius 3 is 2.94 bits per heavy atom. The van der Waals surface area contributed by atoms with Crippen molar-refractivity contribution in [3.05, 3.63) is 28.7 Å². The van der Waals surface area contributed by atoms with E-state index in [4.69, 9.17) is 5.73 Å². The largest absolute Gasteiger partial charge is 0.340 e. The van der Waals surface area contributed by atoms with Gasteiger partial charge in [0.25, 0.3) is 5.91 Å². The molecule has 1 rings (SSSR count). The molecule has 0 aliphatic heterocycles. The van der Waals surface area contributed by atoms with Crippen LogP contribution < -0.4 is 5.73 Å². The van der Waals surface area contributed by atoms with Crippen LogP contribution in [-0.2, 0) is 6.54 Å². The molecule has 0 spiro atoms. The van der Waals surface area contributed by atoms with Crippen LogP contribution in [0.1, 0.15) is 41.2 Å². The van der Waals surface area contributed by atoms with E-state index in [2.05, 4.69) is 11.6 Å². The molecule has 4 nitrogen and oxygen atoms in total. The molecule has 1 heterocycles. The van der Waals surface area contributed by atoms with Gasteiger partial charge in [-0.2, -0.15) is 0 Å². The third-order valence-corrected chi connectivity index (χ3v) is 3.57. The second kappa shape index (κ2) is 8.00. The highest BCUT2D eigenvalue weighted by Gasteiger charge is 2.14. The normalized spacial score (nSPS) is 10.3. The zero-order valence-electron chi connectivity index (χ0n) is 10.9. The molecule has 1 aromatic heterocycles. The summed E-state index contributed by atoms with van der Waals surface area (Å²) in [5.41, 5.74) is 5.99. The fourth-order valence-corrected chi connectivity index (χ4v) is 2.26. The Kier molecular flexibility index (Phi) is 6.60. The molecule has 0 saturated carbocycles. The highest BCUT2D eigenvalue weighted by molar-refractivity contribution is 7.09. The molecule has 1 amide bonds. The number of allylic oxidation sites excluding steroid dienone is 1. The fraction of sp³-hybridized carbons (Fsp3) is 0.538. The Balaban J connectivity index is 2.34. The molecular formula is C13H21N3OS. The van der Waals surface area contributed by atoms with Crippen LogP contribution >= 0.6 is 11.3 Å². The number of nitrogens with two attached hydrogens (primary N) is 1. The third-order valence-electron chi connectivity index (χ3n) is 2.69. The number of carbonyl (C=O) groups is 1. The van der Waals surface area contributed by atoms with Crippen LogP contribution in [0.2, 0.25) is 0 Å². The summed E-state index contributed by atoms with van der Waals surface area (Å²) in [5, 5.41) is 2.58. The Labute approximate surface area is 113 Å². The molecule has 0 fully saturated rings. The molecule has 0 saturated heterocycles. The smallest absolute Gasteiger partial charge is 0.273 e. The van der Waals surface area contributed by atoms with Gasteiger partial charge in [-0.1, -0.05) is 12.5 Å². The van der Waals surface area contributed by atoms with Gasteiger partial charge < -0.3 is 10.6 Å². The number of amides is 1. The van der Waals surface area contributed by atoms with Crippen LogP contribution in [0.15, 0.2) is 18.0 Å². The molecule has 0 aliphatic rings. The van der Waals surface area contributed by atoms with Gasteiger partial charge in [0.1, 0.15) is 10.7 Å². The lowest BCUT2D eigenvalue weighted by molar-refractivity contribution is 0.0787. The number of hydrogen-bond acceptors (Lipinski definition) is 4. The molecule has 2 N–H and O–H groups in total. The summed E-state index contributed by atoms with van der Waals surface area (Å²) < 4.78 is 0. The highest BCUT2D eigenvalue weighted by atomic mass is 32.1. The molecule has 18 heavy (non-hydrogen) atoms. The second-order valence-electron chi connectivity index (χ2n) is 4.20. The van der Waals surface area contributed by atoms with E-state index in [-0.39, 0.29) is 5.91 Å². The SMILES string of the molecule is C=CCCCCCN(C)C(=O)c1csc(CN)n1. The van der Waals surface area contributed by atoms with Crippen molar-refractivity contribution < 1.29 is 4.79 Å². The number of nitrogens with zero attached hydrogens (tertiary/aromatic N) is 2. The van der Waals surface area contributed by atoms with E-state index in [9.17, 15) is 4.79 Å². The van der Waals surface area contributed by atoms with Crippen molar-refractivity contribution in [1.29, 1.82) is 0 Å². The first-order valence-corrected chi connectivity index (χ1v) is 7.07. The van der Waals surface area contributed by atoms with Crippen molar-refractivity contribution in [3.63, 3.8) is 0 Å². The first-order chi connectivity index (χ1) is 8.69. The summed E-state index contributed by atoms with van der Waals surface area (Å²) in [6, 6.07) is 0. The predicted octanol–water partition coefficient (Wildman–Crippen LogP) is 2.42. The lowest BCUT2D eigenvalue weighted by atomic mass is 10.2. The van der Waals surface area contributed by atoms with Gasteiger partial charge in [0, 0.05) is 25.5 Å². The van der Waals surface area contributed by atoms with Gasteiger partial charge in [0.2, 0.25) is 0 Å². The first-order valence-electron chi connectivity index (χ1n) is 6.20. The zero-order chi connectivity index (χ0) is 13.4. The second-order valence-corrected chi connectivity index (χ2v) is 5.14. The summed E-state index contributed by atoms with van der Waals surface area (Å²) in [6.45, 7) is 4.85. The minimum Gasteiger partial charge on any atom is -0.340 e. The Morgan fingerprint density at radius 1 is 1.56 bits per heavy atom. The molecule has 100 valence electrons. The van der Waals surface area contributed by atoms with E-state index in [0.29, 0.717) is 12.2 Å². The quantitative estimate of drug-likeness (QED) is 0.581. The van der Waals surface area contributed by atoms with Gasteiger partial charge in [-0.15, -0.1) is 17.9 Å². The number of thiazole rings is 1. The summed E-state index contributed by atoms with van der Waals surface area (Å²) in [5.74, 6) is -0.0188. The summed E-state index contributed by atoms with van der Waals surface area (Å²) in [4.78, 5) is 17.9. The van der Waals surface area contributed by atoms with Crippen LogP contribution in [0.4, 0.5) is 0 Å². The molecular weight excluding hydrogens is 246 g/mol. The van der Waals surface area contributed by atoms with Crippen molar-refractivity contribution >= 4 is 17.2 Å². The maximum absolute atomic E-state index is 12.0. The van der Waals surface area contributed by atoms with E-state index >= 15 is 0 Å². The van der Waals surface area contributed by atoms with Crippen LogP contribution in [0.3, 0.4) is 0 Å². The fourth-order valence-electron chi connectivity index (χ4n) is 1.61. The molecule has 0 aliphatic carbocycles. The number of carbonyl (C=O) groups excluding carboxylic acids is 1. The van der Waals surface area contributed by atoms with Crippen molar-refractivity contribution in [2.45, 2.75) is 32.2 Å². The van der Waals surface area contributed by atoms with Gasteiger partial charge >= 0.3 is 0 Å². The number of rotatable bonds is 8. The lowest BCUT2D eigenvalue weighted by Gasteiger charge is -2.15. The van der Waals surface area contributed by atoms with E-state index in [1.807, 2.05) is 13.1 Å². The van der Waals surface area contributed by atoms with Gasteiger partial charge in [-0.3, -0.25) is 4.79 Å². The van der Waals surface area contributed by atoms with Crippen LogP contribution in [0.5, 0.6) is 0 Å². The highest BCUT2D eigenvalue weighted by Crippen LogP contribution is 2.11. The van der Waals surface area contributed by atoms with Gasteiger partial charge in [-0.25, -0.2) is 4.98 Å². The minimum atomic E-state index is -0.0188. The van der Waals surface area contributed by atoms with Crippen molar-refractivity contribution in [2.75, 3.05) is 13.6 Å². The summed E-state index contributed by atoms with van der Waals surface area (Å²) in [7, 11) is 1.82. The molecule has 0 atom stereocenters. The molecule has 0 unspecified atom stereocenters. The van der Waals surface area contributed by atoms with Crippen molar-refractivity contribution in [1.82, 2.24) is 9.88 Å². The van der Waals surface area contributed by atoms with E-state index in [1.165, 1.54) is 11.3 Å². The maximum atomic E-state index is 12.0. The van der Waals surface area contributed by atoms with Crippen LogP contribution in [0.25, 0.3) is 0 Å². The molecule has 0 bridgehead atoms. The first kappa shape index (κ1) is 14.9. The van der Waals surface area contributed by atoms with Gasteiger partial charge in [0.05, 0.1) is 0 Å². The molecule has 0 aromatic carbocycles. The van der Waals surface area contributed by atoms with Crippen LogP contribution in [-0.4, -0.2) is 29.4 Å². The van der Waals surface area contributed by atoms with Crippen molar-refractivity contribution in [2.24, 2.45) is 5.73 Å². The molecule has 0 radical (unpaired) electrons. The van der Waals surface area contributed by atoms with Crippen LogP contribution in [0, 0.1) is 0 Å². The third kappa shape index (κ3) is 4.58. The van der Waals surface area contributed by atoms with E-state index in [1.54, 1.807) is 10.3 Å². The number of unbranched alkanes of at least 4 members (excludes halogenated alkanes) is 3. The lowest BCUT2D eigenvalue weighted by Crippen LogP contribution is -2.28. The predicted molar refractivity (Wildman–Crippen MR) is 75.6 cm³/mol. The monoisotopic (exact) mass is 267 g/mol.